The van der Waals surface area contributed by atoms with Gasteiger partial charge >= 0.3 is 11.8 Å². The van der Waals surface area contributed by atoms with E-state index in [4.69, 9.17) is 0 Å². The summed E-state index contributed by atoms with van der Waals surface area (Å²) in [5.74, 6) is -8.00. The molecule has 1 heterocycles. The summed E-state index contributed by atoms with van der Waals surface area (Å²) >= 11 is 0. The number of hydrogen-bond donors (Lipinski definition) is 1. The maximum Gasteiger partial charge on any atom is 0.312 e. The Balaban J connectivity index is 1.45. The molecule has 1 N–H and O–H groups in total. The molecule has 3 aliphatic rings. The molecule has 5 nitrogen and oxygen atoms in total. The van der Waals surface area contributed by atoms with Crippen molar-refractivity contribution < 1.29 is 31.1 Å². The van der Waals surface area contributed by atoms with Crippen LogP contribution in [0.4, 0.5) is 17.6 Å². The predicted octanol–water partition coefficient (Wildman–Crippen LogP) is 3.70. The lowest BCUT2D eigenvalue weighted by molar-refractivity contribution is -0.353. The summed E-state index contributed by atoms with van der Waals surface area (Å²) in [7, 11) is -3.21. The Kier molecular flexibility index (Phi) is 5.06. The highest BCUT2D eigenvalue weighted by atomic mass is 32.2. The van der Waals surface area contributed by atoms with E-state index in [1.807, 2.05) is 19.1 Å². The molecule has 1 atom stereocenters. The third-order valence-corrected chi connectivity index (χ3v) is 8.80. The van der Waals surface area contributed by atoms with Gasteiger partial charge in [0.2, 0.25) is 15.6 Å². The Morgan fingerprint density at radius 2 is 1.62 bits per heavy atom. The van der Waals surface area contributed by atoms with Gasteiger partial charge in [-0.05, 0) is 47.2 Å². The number of benzene rings is 2. The van der Waals surface area contributed by atoms with Gasteiger partial charge < -0.3 is 5.11 Å². The molecule has 1 fully saturated rings. The van der Waals surface area contributed by atoms with Crippen LogP contribution in [-0.4, -0.2) is 55.2 Å². The highest BCUT2D eigenvalue weighted by Gasteiger charge is 2.86. The van der Waals surface area contributed by atoms with E-state index in [1.165, 1.54) is 16.6 Å². The molecule has 0 aromatic heterocycles. The van der Waals surface area contributed by atoms with E-state index in [0.29, 0.717) is 43.9 Å². The van der Waals surface area contributed by atoms with E-state index in [1.54, 1.807) is 13.0 Å². The molecule has 2 aromatic rings. The van der Waals surface area contributed by atoms with E-state index in [9.17, 15) is 31.1 Å². The van der Waals surface area contributed by atoms with Crippen molar-refractivity contribution in [1.82, 2.24) is 9.21 Å². The van der Waals surface area contributed by atoms with Crippen molar-refractivity contribution in [2.24, 2.45) is 0 Å². The predicted molar refractivity (Wildman–Crippen MR) is 119 cm³/mol. The number of hydrogen-bond acceptors (Lipinski definition) is 4. The fourth-order valence-corrected chi connectivity index (χ4v) is 6.49. The molecule has 2 aromatic carbocycles. The maximum absolute atomic E-state index is 14.7. The van der Waals surface area contributed by atoms with Gasteiger partial charge in [-0.15, -0.1) is 0 Å². The zero-order valence-electron chi connectivity index (χ0n) is 19.1. The average molecular weight is 499 g/mol. The van der Waals surface area contributed by atoms with Crippen LogP contribution >= 0.6 is 0 Å². The highest BCUT2D eigenvalue weighted by molar-refractivity contribution is 7.88. The van der Waals surface area contributed by atoms with E-state index in [0.717, 1.165) is 11.1 Å². The van der Waals surface area contributed by atoms with Crippen LogP contribution in [0.3, 0.4) is 0 Å². The molecule has 1 unspecified atom stereocenters. The lowest BCUT2D eigenvalue weighted by atomic mass is 9.52. The normalized spacial score (nSPS) is 25.4. The van der Waals surface area contributed by atoms with Gasteiger partial charge in [0, 0.05) is 49.4 Å². The molecular weight excluding hydrogens is 472 g/mol. The van der Waals surface area contributed by atoms with Crippen molar-refractivity contribution in [2.45, 2.75) is 44.3 Å². The number of sulfonamides is 1. The van der Waals surface area contributed by atoms with Crippen molar-refractivity contribution in [2.75, 3.05) is 32.4 Å². The van der Waals surface area contributed by atoms with Crippen LogP contribution in [0.25, 0.3) is 11.1 Å². The third-order valence-electron chi connectivity index (χ3n) is 7.50. The number of rotatable bonds is 5. The van der Waals surface area contributed by atoms with Crippen LogP contribution < -0.4 is 0 Å². The number of halogens is 4. The minimum Gasteiger partial charge on any atom is -0.373 e. The SMILES string of the molecule is CCc1c(-c2ccc(CN3CCN(S(C)(=O)=O)CC3)cc2C)cc2c3c1C(F)(F)C3(O)C2(F)F. The first kappa shape index (κ1) is 23.7. The summed E-state index contributed by atoms with van der Waals surface area (Å²) < 4.78 is 83.4. The van der Waals surface area contributed by atoms with Crippen LogP contribution in [0.1, 0.15) is 40.3 Å². The zero-order chi connectivity index (χ0) is 24.8. The smallest absolute Gasteiger partial charge is 0.312 e. The van der Waals surface area contributed by atoms with Gasteiger partial charge in [0.05, 0.1) is 6.26 Å². The number of aliphatic hydroxyl groups is 1. The lowest BCUT2D eigenvalue weighted by Gasteiger charge is -2.59. The number of piperazine rings is 1. The molecule has 0 spiro atoms. The fraction of sp³-hybridized carbons (Fsp3) is 0.500. The molecule has 1 aliphatic heterocycles. The summed E-state index contributed by atoms with van der Waals surface area (Å²) in [6.07, 6.45) is 1.42. The number of aryl methyl sites for hydroxylation is 1. The zero-order valence-corrected chi connectivity index (χ0v) is 19.9. The van der Waals surface area contributed by atoms with Crippen molar-refractivity contribution in [3.05, 3.63) is 57.6 Å². The Bertz CT molecular complexity index is 1300. The Hall–Kier alpha value is -2.01. The quantitative estimate of drug-likeness (QED) is 0.639. The summed E-state index contributed by atoms with van der Waals surface area (Å²) in [5, 5.41) is 10.0. The van der Waals surface area contributed by atoms with Gasteiger partial charge in [-0.2, -0.15) is 21.9 Å². The van der Waals surface area contributed by atoms with Crippen molar-refractivity contribution in [3.63, 3.8) is 0 Å². The standard InChI is InChI=1S/C24H26F4N2O3S/c1-4-16-18(12-19-21-20(16)24(27,28)22(21,31)23(19,25)26)17-6-5-15(11-14(17)2)13-29-7-9-30(10-8-29)34(3,32)33/h5-6,11-12,31H,4,7-10,13H2,1-3H3. The molecule has 0 amide bonds. The van der Waals surface area contributed by atoms with Crippen molar-refractivity contribution in [1.29, 1.82) is 0 Å². The topological polar surface area (TPSA) is 60.9 Å². The summed E-state index contributed by atoms with van der Waals surface area (Å²) in [4.78, 5) is 2.14. The van der Waals surface area contributed by atoms with Crippen LogP contribution in [-0.2, 0) is 40.4 Å². The first-order valence-electron chi connectivity index (χ1n) is 11.2. The van der Waals surface area contributed by atoms with E-state index < -0.39 is 38.6 Å². The molecule has 2 aliphatic carbocycles. The minimum absolute atomic E-state index is 0.223. The Labute approximate surface area is 196 Å². The van der Waals surface area contributed by atoms with Gasteiger partial charge in [0.25, 0.3) is 0 Å². The van der Waals surface area contributed by atoms with Crippen LogP contribution in [0.5, 0.6) is 0 Å². The summed E-state index contributed by atoms with van der Waals surface area (Å²) in [6, 6.07) is 6.79. The van der Waals surface area contributed by atoms with Crippen molar-refractivity contribution in [3.8, 4) is 11.1 Å². The van der Waals surface area contributed by atoms with Gasteiger partial charge in [-0.1, -0.05) is 25.1 Å². The van der Waals surface area contributed by atoms with E-state index in [2.05, 4.69) is 4.90 Å². The second-order valence-electron chi connectivity index (χ2n) is 9.50. The molecule has 0 bridgehead atoms. The minimum atomic E-state index is -4.00. The molecule has 34 heavy (non-hydrogen) atoms. The van der Waals surface area contributed by atoms with E-state index >= 15 is 0 Å². The van der Waals surface area contributed by atoms with Gasteiger partial charge in [-0.25, -0.2) is 8.42 Å². The maximum atomic E-state index is 14.7. The van der Waals surface area contributed by atoms with Gasteiger partial charge in [-0.3, -0.25) is 4.90 Å². The van der Waals surface area contributed by atoms with Gasteiger partial charge in [0.15, 0.2) is 0 Å². The first-order valence-corrected chi connectivity index (χ1v) is 13.1. The van der Waals surface area contributed by atoms with E-state index in [-0.39, 0.29) is 17.5 Å². The molecule has 10 heteroatoms. The molecule has 184 valence electrons. The van der Waals surface area contributed by atoms with Crippen LogP contribution in [0, 0.1) is 6.92 Å². The first-order chi connectivity index (χ1) is 15.7. The van der Waals surface area contributed by atoms with Crippen LogP contribution in [0.2, 0.25) is 0 Å². The second kappa shape index (κ2) is 7.25. The Morgan fingerprint density at radius 3 is 2.18 bits per heavy atom. The number of alkyl halides is 4. The highest BCUT2D eigenvalue weighted by Crippen LogP contribution is 2.75. The number of nitrogens with zero attached hydrogens (tertiary/aromatic N) is 2. The second-order valence-corrected chi connectivity index (χ2v) is 11.5. The van der Waals surface area contributed by atoms with Gasteiger partial charge in [0.1, 0.15) is 0 Å². The molecule has 0 radical (unpaired) electrons. The monoisotopic (exact) mass is 498 g/mol. The molecule has 0 saturated carbocycles. The summed E-state index contributed by atoms with van der Waals surface area (Å²) in [5.41, 5.74) is -1.70. The fourth-order valence-electron chi connectivity index (χ4n) is 5.67. The molecular formula is C24H26F4N2O3S. The average Bonchev–Trinajstić information content (AvgIpc) is 2.77. The lowest BCUT2D eigenvalue weighted by Crippen LogP contribution is -2.70. The molecule has 5 rings (SSSR count). The Morgan fingerprint density at radius 1 is 0.971 bits per heavy atom. The largest absolute Gasteiger partial charge is 0.373 e. The van der Waals surface area contributed by atoms with Crippen LogP contribution in [0.15, 0.2) is 24.3 Å². The van der Waals surface area contributed by atoms with Crippen molar-refractivity contribution >= 4 is 10.0 Å². The summed E-state index contributed by atoms with van der Waals surface area (Å²) in [6.45, 7) is 6.14. The molecule has 1 saturated heterocycles. The third kappa shape index (κ3) is 2.91.